The van der Waals surface area contributed by atoms with Crippen molar-refractivity contribution in [1.82, 2.24) is 9.80 Å². The maximum Gasteiger partial charge on any atom is 0.161 e. The third-order valence-electron chi connectivity index (χ3n) is 6.57. The van der Waals surface area contributed by atoms with E-state index in [4.69, 9.17) is 14.6 Å². The quantitative estimate of drug-likeness (QED) is 0.706. The Morgan fingerprint density at radius 3 is 2.50 bits per heavy atom. The summed E-state index contributed by atoms with van der Waals surface area (Å²) < 4.78 is 11.0. The van der Waals surface area contributed by atoms with E-state index in [1.807, 2.05) is 0 Å². The summed E-state index contributed by atoms with van der Waals surface area (Å²) in [6.07, 6.45) is 4.09. The fraction of sp³-hybridized carbons (Fsp3) is 0.481. The number of benzene rings is 2. The first-order valence-corrected chi connectivity index (χ1v) is 11.6. The van der Waals surface area contributed by atoms with Crippen molar-refractivity contribution in [3.05, 3.63) is 58.7 Å². The molecule has 0 radical (unpaired) electrons. The van der Waals surface area contributed by atoms with Crippen LogP contribution in [0.1, 0.15) is 41.5 Å². The second kappa shape index (κ2) is 10.9. The Hall–Kier alpha value is -2.52. The van der Waals surface area contributed by atoms with Crippen LogP contribution >= 0.6 is 0 Å². The largest absolute Gasteiger partial charge is 0.493 e. The molecule has 0 amide bonds. The van der Waals surface area contributed by atoms with E-state index >= 15 is 0 Å². The molecule has 0 spiro atoms. The Kier molecular flexibility index (Phi) is 7.70. The molecule has 0 unspecified atom stereocenters. The van der Waals surface area contributed by atoms with Gasteiger partial charge in [-0.25, -0.2) is 0 Å². The first kappa shape index (κ1) is 22.7. The fourth-order valence-corrected chi connectivity index (χ4v) is 4.86. The zero-order valence-corrected chi connectivity index (χ0v) is 19.3. The first-order valence-electron chi connectivity index (χ1n) is 11.6. The third kappa shape index (κ3) is 5.45. The van der Waals surface area contributed by atoms with Gasteiger partial charge in [0, 0.05) is 44.2 Å². The van der Waals surface area contributed by atoms with Gasteiger partial charge in [-0.15, -0.1) is 0 Å². The molecule has 32 heavy (non-hydrogen) atoms. The number of nitrogens with zero attached hydrogens (tertiary/aromatic N) is 2. The third-order valence-corrected chi connectivity index (χ3v) is 6.57. The Morgan fingerprint density at radius 1 is 1.03 bits per heavy atom. The fourth-order valence-electron chi connectivity index (χ4n) is 4.86. The molecule has 0 bridgehead atoms. The summed E-state index contributed by atoms with van der Waals surface area (Å²) in [4.78, 5) is 5.24. The Labute approximate surface area is 191 Å². The highest BCUT2D eigenvalue weighted by atomic mass is 16.5. The number of ether oxygens (including phenoxy) is 2. The molecule has 0 aliphatic carbocycles. The molecule has 2 aliphatic heterocycles. The van der Waals surface area contributed by atoms with Gasteiger partial charge in [0.05, 0.1) is 20.8 Å². The van der Waals surface area contributed by atoms with E-state index in [-0.39, 0.29) is 6.61 Å². The maximum absolute atomic E-state index is 8.86. The molecule has 4 rings (SSSR count). The van der Waals surface area contributed by atoms with Crippen molar-refractivity contribution < 1.29 is 14.6 Å². The number of aliphatic hydroxyl groups is 1. The minimum absolute atomic E-state index is 0.117. The summed E-state index contributed by atoms with van der Waals surface area (Å²) in [7, 11) is 3.41. The summed E-state index contributed by atoms with van der Waals surface area (Å²) in [5.41, 5.74) is 5.09. The summed E-state index contributed by atoms with van der Waals surface area (Å²) in [5, 5.41) is 8.86. The molecule has 1 saturated heterocycles. The minimum Gasteiger partial charge on any atom is -0.493 e. The van der Waals surface area contributed by atoms with E-state index in [9.17, 15) is 0 Å². The lowest BCUT2D eigenvalue weighted by atomic mass is 9.95. The van der Waals surface area contributed by atoms with Crippen molar-refractivity contribution in [2.75, 3.05) is 40.5 Å². The van der Waals surface area contributed by atoms with Crippen LogP contribution in [0, 0.1) is 11.8 Å². The van der Waals surface area contributed by atoms with E-state index < -0.39 is 0 Å². The van der Waals surface area contributed by atoms with Crippen LogP contribution in [0.15, 0.2) is 36.4 Å². The SMILES string of the molecule is COc1cc2c(cc1OC)CN([C@@H]1CCCN(Cc3ccc(C#CCCO)cc3)C1)CC2. The highest BCUT2D eigenvalue weighted by Crippen LogP contribution is 2.34. The van der Waals surface area contributed by atoms with Gasteiger partial charge >= 0.3 is 0 Å². The van der Waals surface area contributed by atoms with Crippen LogP contribution in [0.4, 0.5) is 0 Å². The molecular weight excluding hydrogens is 400 g/mol. The molecule has 2 aromatic rings. The molecule has 0 saturated carbocycles. The lowest BCUT2D eigenvalue weighted by molar-refractivity contribution is 0.0837. The Bertz CT molecular complexity index is 961. The zero-order chi connectivity index (χ0) is 22.3. The number of fused-ring (bicyclic) bond motifs is 1. The summed E-state index contributed by atoms with van der Waals surface area (Å²) in [6, 6.07) is 13.4. The standard InChI is InChI=1S/C27H34N2O3/c1-31-26-16-23-12-14-29(19-24(23)17-27(26)32-2)25-7-5-13-28(20-25)18-22-10-8-21(9-11-22)6-3-4-15-30/h8-11,16-17,25,30H,4-5,7,12-15,18-20H2,1-2H3/t25-/m1/s1. The topological polar surface area (TPSA) is 45.2 Å². The van der Waals surface area contributed by atoms with Crippen LogP contribution < -0.4 is 9.47 Å². The Morgan fingerprint density at radius 2 is 1.78 bits per heavy atom. The monoisotopic (exact) mass is 434 g/mol. The number of aliphatic hydroxyl groups excluding tert-OH is 1. The highest BCUT2D eigenvalue weighted by molar-refractivity contribution is 5.48. The van der Waals surface area contributed by atoms with E-state index in [1.165, 1.54) is 29.5 Å². The maximum atomic E-state index is 8.86. The highest BCUT2D eigenvalue weighted by Gasteiger charge is 2.28. The van der Waals surface area contributed by atoms with Crippen LogP contribution in [0.25, 0.3) is 0 Å². The number of rotatable bonds is 6. The van der Waals surface area contributed by atoms with Crippen molar-refractivity contribution in [2.24, 2.45) is 0 Å². The second-order valence-electron chi connectivity index (χ2n) is 8.70. The van der Waals surface area contributed by atoms with E-state index in [0.717, 1.165) is 56.2 Å². The minimum atomic E-state index is 0.117. The van der Waals surface area contributed by atoms with E-state index in [0.29, 0.717) is 12.5 Å². The molecule has 1 N–H and O–H groups in total. The molecule has 2 aromatic carbocycles. The normalized spacial score (nSPS) is 19.0. The summed E-state index contributed by atoms with van der Waals surface area (Å²) >= 11 is 0. The van der Waals surface area contributed by atoms with Gasteiger partial charge < -0.3 is 14.6 Å². The van der Waals surface area contributed by atoms with Gasteiger partial charge in [0.15, 0.2) is 11.5 Å². The second-order valence-corrected chi connectivity index (χ2v) is 8.70. The zero-order valence-electron chi connectivity index (χ0n) is 19.3. The van der Waals surface area contributed by atoms with Crippen molar-refractivity contribution in [3.63, 3.8) is 0 Å². The Balaban J connectivity index is 1.37. The van der Waals surface area contributed by atoms with Crippen molar-refractivity contribution >= 4 is 0 Å². The first-order chi connectivity index (χ1) is 15.7. The van der Waals surface area contributed by atoms with Crippen LogP contribution in [0.2, 0.25) is 0 Å². The molecule has 0 aromatic heterocycles. The predicted octanol–water partition coefficient (Wildman–Crippen LogP) is 3.46. The van der Waals surface area contributed by atoms with Crippen molar-refractivity contribution in [2.45, 2.75) is 44.8 Å². The van der Waals surface area contributed by atoms with E-state index in [1.54, 1.807) is 14.2 Å². The van der Waals surface area contributed by atoms with Gasteiger partial charge in [-0.2, -0.15) is 0 Å². The van der Waals surface area contributed by atoms with Gasteiger partial charge in [-0.1, -0.05) is 24.0 Å². The number of hydrogen-bond donors (Lipinski definition) is 1. The van der Waals surface area contributed by atoms with Crippen molar-refractivity contribution in [3.8, 4) is 23.3 Å². The lowest BCUT2D eigenvalue weighted by Gasteiger charge is -2.41. The predicted molar refractivity (Wildman–Crippen MR) is 127 cm³/mol. The molecule has 2 aliphatic rings. The average Bonchev–Trinajstić information content (AvgIpc) is 2.84. The molecule has 2 heterocycles. The van der Waals surface area contributed by atoms with Gasteiger partial charge in [-0.05, 0) is 66.8 Å². The molecule has 5 nitrogen and oxygen atoms in total. The van der Waals surface area contributed by atoms with Crippen LogP contribution in [-0.2, 0) is 19.5 Å². The lowest BCUT2D eigenvalue weighted by Crippen LogP contribution is -2.49. The smallest absolute Gasteiger partial charge is 0.161 e. The number of hydrogen-bond acceptors (Lipinski definition) is 5. The number of methoxy groups -OCH3 is 2. The van der Waals surface area contributed by atoms with Gasteiger partial charge in [0.2, 0.25) is 0 Å². The van der Waals surface area contributed by atoms with Crippen molar-refractivity contribution in [1.29, 1.82) is 0 Å². The molecule has 1 fully saturated rings. The van der Waals surface area contributed by atoms with Gasteiger partial charge in [-0.3, -0.25) is 9.80 Å². The van der Waals surface area contributed by atoms with Crippen LogP contribution in [-0.4, -0.2) is 61.4 Å². The van der Waals surface area contributed by atoms with Crippen LogP contribution in [0.3, 0.4) is 0 Å². The summed E-state index contributed by atoms with van der Waals surface area (Å²) in [5.74, 6) is 7.74. The summed E-state index contributed by atoms with van der Waals surface area (Å²) in [6.45, 7) is 5.45. The molecule has 1 atom stereocenters. The number of piperidine rings is 1. The van der Waals surface area contributed by atoms with Gasteiger partial charge in [0.25, 0.3) is 0 Å². The average molecular weight is 435 g/mol. The molecule has 5 heteroatoms. The van der Waals surface area contributed by atoms with Crippen LogP contribution in [0.5, 0.6) is 11.5 Å². The molecular formula is C27H34N2O3. The molecule has 170 valence electrons. The van der Waals surface area contributed by atoms with E-state index in [2.05, 4.69) is 58.0 Å². The van der Waals surface area contributed by atoms with Gasteiger partial charge in [0.1, 0.15) is 0 Å². The number of likely N-dealkylation sites (tertiary alicyclic amines) is 1.